The molecule has 2 aromatic carbocycles. The Kier molecular flexibility index (Phi) is 10.7. The number of thiol groups is 1. The van der Waals surface area contributed by atoms with Gasteiger partial charge in [0, 0.05) is 41.5 Å². The molecule has 3 aromatic heterocycles. The molecular formula is C35H34F3N5O7S. The number of aryl methyl sites for hydroxylation is 1. The average Bonchev–Trinajstić information content (AvgIpc) is 3.86. The van der Waals surface area contributed by atoms with Gasteiger partial charge >= 0.3 is 5.97 Å². The summed E-state index contributed by atoms with van der Waals surface area (Å²) in [6, 6.07) is 12.2. The smallest absolute Gasteiger partial charge is 0.316 e. The number of ether oxygens (including phenoxy) is 2. The Morgan fingerprint density at radius 1 is 1.12 bits per heavy atom. The molecule has 12 nitrogen and oxygen atoms in total. The Morgan fingerprint density at radius 2 is 1.90 bits per heavy atom. The van der Waals surface area contributed by atoms with Crippen LogP contribution in [0.3, 0.4) is 0 Å². The molecule has 51 heavy (non-hydrogen) atoms. The topological polar surface area (TPSA) is 148 Å². The summed E-state index contributed by atoms with van der Waals surface area (Å²) in [5, 5.41) is 5.24. The Balaban J connectivity index is 1.14. The first-order valence-electron chi connectivity index (χ1n) is 16.1. The zero-order valence-corrected chi connectivity index (χ0v) is 28.5. The number of anilines is 1. The number of benzene rings is 2. The number of rotatable bonds is 14. The van der Waals surface area contributed by atoms with Crippen molar-refractivity contribution in [2.24, 2.45) is 0 Å². The van der Waals surface area contributed by atoms with Gasteiger partial charge in [0.05, 0.1) is 31.5 Å². The second kappa shape index (κ2) is 15.3. The zero-order valence-electron chi connectivity index (χ0n) is 27.6. The van der Waals surface area contributed by atoms with Crippen molar-refractivity contribution in [1.29, 1.82) is 0 Å². The van der Waals surface area contributed by atoms with Crippen LogP contribution < -0.4 is 9.15 Å². The maximum absolute atomic E-state index is 15.9. The maximum atomic E-state index is 15.9. The van der Waals surface area contributed by atoms with Crippen molar-refractivity contribution < 1.29 is 45.2 Å². The van der Waals surface area contributed by atoms with E-state index in [1.54, 1.807) is 49.5 Å². The van der Waals surface area contributed by atoms with Crippen LogP contribution in [0.15, 0.2) is 65.4 Å². The largest absolute Gasteiger partial charge is 0.494 e. The number of aromatic nitrogens is 3. The van der Waals surface area contributed by atoms with Gasteiger partial charge in [-0.15, -0.1) is 0 Å². The molecule has 0 spiro atoms. The molecule has 1 aliphatic heterocycles. The minimum absolute atomic E-state index is 0.00138. The Bertz CT molecular complexity index is 2130. The van der Waals surface area contributed by atoms with E-state index in [0.29, 0.717) is 64.1 Å². The van der Waals surface area contributed by atoms with Crippen molar-refractivity contribution in [2.75, 3.05) is 31.2 Å². The third kappa shape index (κ3) is 7.61. The summed E-state index contributed by atoms with van der Waals surface area (Å²) in [7, 11) is -2.15. The molecule has 0 saturated carbocycles. The highest BCUT2D eigenvalue weighted by Gasteiger charge is 2.33. The lowest BCUT2D eigenvalue weighted by Crippen LogP contribution is -2.41. The number of nitrogens with one attached hydrogen (secondary N) is 1. The predicted octanol–water partition coefficient (Wildman–Crippen LogP) is 5.83. The number of hydrazine groups is 1. The molecule has 16 heteroatoms. The molecule has 0 bridgehead atoms. The van der Waals surface area contributed by atoms with Gasteiger partial charge in [-0.1, -0.05) is 17.3 Å². The first-order valence-corrected chi connectivity index (χ1v) is 17.3. The molecule has 4 heterocycles. The zero-order chi connectivity index (χ0) is 36.2. The first kappa shape index (κ1) is 35.6. The summed E-state index contributed by atoms with van der Waals surface area (Å²) < 4.78 is 85.6. The van der Waals surface area contributed by atoms with Crippen molar-refractivity contribution in [3.05, 3.63) is 95.1 Å². The fourth-order valence-corrected chi connectivity index (χ4v) is 6.75. The number of fused-ring (bicyclic) bond motifs is 1. The highest BCUT2D eigenvalue weighted by molar-refractivity contribution is 7.73. The van der Waals surface area contributed by atoms with Gasteiger partial charge in [-0.3, -0.25) is 9.59 Å². The number of carbonyl (C=O) groups excluding carboxylic acids is 2. The molecular weight excluding hydrogens is 691 g/mol. The van der Waals surface area contributed by atoms with Crippen molar-refractivity contribution >= 4 is 39.4 Å². The molecule has 268 valence electrons. The summed E-state index contributed by atoms with van der Waals surface area (Å²) >= 11 is 0. The fraction of sp³-hybridized carbons (Fsp3) is 0.314. The SMILES string of the molecule is COC(=O)C(CCCCOc1ccc(-c2cnc3[nH]cc(C(=O)c4c(F)ccc(N(N5CC[C@@H](F)C5)[SH](=O)=O)c4F)c3c2)cc1)c1cc(C)no1. The molecule has 0 aliphatic carbocycles. The highest BCUT2D eigenvalue weighted by Crippen LogP contribution is 2.33. The molecule has 1 aliphatic rings. The number of unbranched alkanes of at least 4 members (excludes halogenated alkanes) is 1. The van der Waals surface area contributed by atoms with Crippen LogP contribution in [-0.4, -0.2) is 73.3 Å². The van der Waals surface area contributed by atoms with Crippen LogP contribution in [0.2, 0.25) is 0 Å². The Labute approximate surface area is 292 Å². The van der Waals surface area contributed by atoms with Crippen LogP contribution in [0.5, 0.6) is 5.75 Å². The minimum atomic E-state index is -3.48. The number of esters is 1. The summed E-state index contributed by atoms with van der Waals surface area (Å²) in [6.07, 6.45) is 3.44. The number of methoxy groups -OCH3 is 1. The molecule has 2 atom stereocenters. The van der Waals surface area contributed by atoms with E-state index in [0.717, 1.165) is 22.7 Å². The van der Waals surface area contributed by atoms with Crippen LogP contribution in [0.25, 0.3) is 22.2 Å². The van der Waals surface area contributed by atoms with Gasteiger partial charge < -0.3 is 19.0 Å². The number of halogens is 3. The molecule has 5 aromatic rings. The minimum Gasteiger partial charge on any atom is -0.494 e. The third-order valence-corrected chi connectivity index (χ3v) is 9.42. The van der Waals surface area contributed by atoms with Crippen molar-refractivity contribution in [3.63, 3.8) is 0 Å². The molecule has 1 fully saturated rings. The van der Waals surface area contributed by atoms with Gasteiger partial charge in [0.15, 0.2) is 11.6 Å². The Morgan fingerprint density at radius 3 is 2.57 bits per heavy atom. The molecule has 1 unspecified atom stereocenters. The molecule has 0 radical (unpaired) electrons. The second-order valence-corrected chi connectivity index (χ2v) is 12.9. The van der Waals surface area contributed by atoms with E-state index >= 15 is 8.78 Å². The van der Waals surface area contributed by atoms with Crippen LogP contribution in [-0.2, 0) is 20.4 Å². The van der Waals surface area contributed by atoms with E-state index in [4.69, 9.17) is 14.0 Å². The second-order valence-electron chi connectivity index (χ2n) is 12.0. The third-order valence-electron chi connectivity index (χ3n) is 8.64. The van der Waals surface area contributed by atoms with E-state index in [-0.39, 0.29) is 25.1 Å². The number of aromatic amines is 1. The summed E-state index contributed by atoms with van der Waals surface area (Å²) in [6.45, 7) is 1.88. The lowest BCUT2D eigenvalue weighted by molar-refractivity contribution is -0.143. The van der Waals surface area contributed by atoms with Gasteiger partial charge in [-0.05, 0) is 68.5 Å². The van der Waals surface area contributed by atoms with Crippen LogP contribution >= 0.6 is 0 Å². The average molecular weight is 726 g/mol. The van der Waals surface area contributed by atoms with E-state index in [9.17, 15) is 22.4 Å². The first-order chi connectivity index (χ1) is 24.5. The Hall–Kier alpha value is -5.22. The van der Waals surface area contributed by atoms with Gasteiger partial charge in [0.2, 0.25) is 16.7 Å². The van der Waals surface area contributed by atoms with E-state index < -0.39 is 57.6 Å². The normalized spacial score (nSPS) is 15.4. The lowest BCUT2D eigenvalue weighted by Gasteiger charge is -2.28. The standard InChI is InChI=1S/C35H34F3N5O7S/c1-20-15-30(50-41-20)25(35(45)48-2)5-3-4-14-49-24-8-6-21(7-9-24)22-16-26-27(18-40-34(26)39-17-22)33(44)31-28(37)10-11-29(32(31)38)43(51(46)47)42-13-12-23(36)19-42/h6-11,15-18,23,25,51H,3-5,12-14,19H2,1-2H3,(H,39,40)/t23-,25?/m1/s1. The van der Waals surface area contributed by atoms with Crippen molar-refractivity contribution in [2.45, 2.75) is 44.7 Å². The van der Waals surface area contributed by atoms with Crippen LogP contribution in [0.4, 0.5) is 18.9 Å². The molecule has 0 amide bonds. The monoisotopic (exact) mass is 725 g/mol. The lowest BCUT2D eigenvalue weighted by atomic mass is 9.99. The number of ketones is 1. The van der Waals surface area contributed by atoms with E-state index in [2.05, 4.69) is 15.1 Å². The summed E-state index contributed by atoms with van der Waals surface area (Å²) in [5.74, 6) is -3.47. The highest BCUT2D eigenvalue weighted by atomic mass is 32.2. The predicted molar refractivity (Wildman–Crippen MR) is 181 cm³/mol. The van der Waals surface area contributed by atoms with E-state index in [1.165, 1.54) is 13.3 Å². The van der Waals surface area contributed by atoms with Crippen LogP contribution in [0.1, 0.15) is 59.0 Å². The molecule has 1 saturated heterocycles. The quantitative estimate of drug-likeness (QED) is 0.0620. The van der Waals surface area contributed by atoms with Gasteiger partial charge in [-0.2, -0.15) is 4.41 Å². The number of pyridine rings is 1. The van der Waals surface area contributed by atoms with Crippen molar-refractivity contribution in [1.82, 2.24) is 20.1 Å². The summed E-state index contributed by atoms with van der Waals surface area (Å²) in [4.78, 5) is 33.1. The van der Waals surface area contributed by atoms with Crippen LogP contribution in [0, 0.1) is 18.6 Å². The van der Waals surface area contributed by atoms with Gasteiger partial charge in [0.25, 0.3) is 0 Å². The van der Waals surface area contributed by atoms with Gasteiger partial charge in [-0.25, -0.2) is 31.6 Å². The summed E-state index contributed by atoms with van der Waals surface area (Å²) in [5.41, 5.74) is 0.694. The molecule has 1 N–H and O–H groups in total. The fourth-order valence-electron chi connectivity index (χ4n) is 6.05. The van der Waals surface area contributed by atoms with Crippen molar-refractivity contribution in [3.8, 4) is 16.9 Å². The number of hydrogen-bond donors (Lipinski definition) is 2. The number of alkyl halides is 1. The number of nitrogens with zero attached hydrogens (tertiary/aromatic N) is 4. The maximum Gasteiger partial charge on any atom is 0.316 e. The number of H-pyrrole nitrogens is 1. The van der Waals surface area contributed by atoms with E-state index in [1.807, 2.05) is 0 Å². The van der Waals surface area contributed by atoms with Gasteiger partial charge in [0.1, 0.15) is 35.0 Å². The number of hydrogen-bond acceptors (Lipinski definition) is 10. The number of carbonyl (C=O) groups is 2. The molecule has 6 rings (SSSR count).